The highest BCUT2D eigenvalue weighted by Crippen LogP contribution is 2.37. The SMILES string of the molecule is CC1CC(c2cccn3nc(NC4CCN(c5cc(C(F)(F)F)ncn5)CC4)nc23)=CC(F)=C1F. The van der Waals surface area contributed by atoms with E-state index in [1.807, 2.05) is 0 Å². The molecule has 1 atom stereocenters. The van der Waals surface area contributed by atoms with Crippen molar-refractivity contribution in [3.05, 3.63) is 59.7 Å². The number of hydrogen-bond acceptors (Lipinski definition) is 6. The van der Waals surface area contributed by atoms with E-state index in [0.717, 1.165) is 12.4 Å². The number of nitrogens with zero attached hydrogens (tertiary/aromatic N) is 6. The van der Waals surface area contributed by atoms with Gasteiger partial charge >= 0.3 is 6.18 Å². The summed E-state index contributed by atoms with van der Waals surface area (Å²) >= 11 is 0. The highest BCUT2D eigenvalue weighted by molar-refractivity contribution is 5.78. The average Bonchev–Trinajstić information content (AvgIpc) is 3.25. The largest absolute Gasteiger partial charge is 0.433 e. The summed E-state index contributed by atoms with van der Waals surface area (Å²) in [5, 5.41) is 7.75. The smallest absolute Gasteiger partial charge is 0.356 e. The number of piperidine rings is 1. The van der Waals surface area contributed by atoms with Gasteiger partial charge in [-0.05, 0) is 43.0 Å². The molecule has 3 aromatic heterocycles. The third kappa shape index (κ3) is 4.69. The molecular formula is C23H22F5N7. The van der Waals surface area contributed by atoms with E-state index in [1.165, 1.54) is 6.08 Å². The van der Waals surface area contributed by atoms with Gasteiger partial charge in [0.15, 0.2) is 11.5 Å². The van der Waals surface area contributed by atoms with E-state index in [9.17, 15) is 22.0 Å². The van der Waals surface area contributed by atoms with Crippen molar-refractivity contribution in [2.45, 2.75) is 38.4 Å². The molecule has 0 aromatic carbocycles. The van der Waals surface area contributed by atoms with Gasteiger partial charge in [-0.1, -0.05) is 6.92 Å². The Morgan fingerprint density at radius 1 is 1.11 bits per heavy atom. The van der Waals surface area contributed by atoms with Crippen molar-refractivity contribution in [2.24, 2.45) is 5.92 Å². The average molecular weight is 491 g/mol. The molecular weight excluding hydrogens is 469 g/mol. The maximum Gasteiger partial charge on any atom is 0.433 e. The zero-order valence-electron chi connectivity index (χ0n) is 18.7. The summed E-state index contributed by atoms with van der Waals surface area (Å²) in [4.78, 5) is 13.7. The summed E-state index contributed by atoms with van der Waals surface area (Å²) in [6, 6.07) is 4.55. The minimum atomic E-state index is -4.52. The molecule has 1 unspecified atom stereocenters. The highest BCUT2D eigenvalue weighted by atomic mass is 19.4. The maximum absolute atomic E-state index is 14.0. The lowest BCUT2D eigenvalue weighted by atomic mass is 9.90. The van der Waals surface area contributed by atoms with Crippen LogP contribution in [0.15, 0.2) is 48.5 Å². The topological polar surface area (TPSA) is 71.2 Å². The molecule has 1 fully saturated rings. The molecule has 3 aromatic rings. The lowest BCUT2D eigenvalue weighted by Crippen LogP contribution is -2.39. The second-order valence-corrected chi connectivity index (χ2v) is 8.76. The molecule has 0 spiro atoms. The van der Waals surface area contributed by atoms with E-state index in [-0.39, 0.29) is 11.9 Å². The summed E-state index contributed by atoms with van der Waals surface area (Å²) in [6.07, 6.45) is 0.988. The van der Waals surface area contributed by atoms with E-state index in [4.69, 9.17) is 0 Å². The number of fused-ring (bicyclic) bond motifs is 1. The van der Waals surface area contributed by atoms with Gasteiger partial charge in [0.25, 0.3) is 0 Å². The van der Waals surface area contributed by atoms with E-state index in [0.29, 0.717) is 55.1 Å². The van der Waals surface area contributed by atoms with E-state index >= 15 is 0 Å². The number of nitrogens with one attached hydrogen (secondary N) is 1. The van der Waals surface area contributed by atoms with Crippen LogP contribution < -0.4 is 10.2 Å². The van der Waals surface area contributed by atoms with Gasteiger partial charge in [-0.3, -0.25) is 0 Å². The number of halogens is 5. The van der Waals surface area contributed by atoms with Gasteiger partial charge < -0.3 is 10.2 Å². The first-order valence-electron chi connectivity index (χ1n) is 11.2. The molecule has 0 amide bonds. The Morgan fingerprint density at radius 3 is 2.60 bits per heavy atom. The molecule has 0 bridgehead atoms. The van der Waals surface area contributed by atoms with Gasteiger partial charge in [-0.2, -0.15) is 18.2 Å². The minimum Gasteiger partial charge on any atom is -0.356 e. The molecule has 0 saturated carbocycles. The first kappa shape index (κ1) is 23.2. The number of pyridine rings is 1. The second-order valence-electron chi connectivity index (χ2n) is 8.76. The number of hydrogen-bond donors (Lipinski definition) is 1. The zero-order valence-corrected chi connectivity index (χ0v) is 18.7. The van der Waals surface area contributed by atoms with Gasteiger partial charge in [0, 0.05) is 42.9 Å². The van der Waals surface area contributed by atoms with E-state index in [1.54, 1.807) is 34.7 Å². The quantitative estimate of drug-likeness (QED) is 0.507. The molecule has 35 heavy (non-hydrogen) atoms. The molecule has 184 valence electrons. The number of allylic oxidation sites excluding steroid dienone is 4. The first-order valence-corrected chi connectivity index (χ1v) is 11.2. The Bertz CT molecular complexity index is 1310. The number of alkyl halides is 3. The third-order valence-electron chi connectivity index (χ3n) is 6.29. The molecule has 1 N–H and O–H groups in total. The van der Waals surface area contributed by atoms with Crippen LogP contribution in [-0.2, 0) is 6.18 Å². The molecule has 12 heteroatoms. The molecule has 1 aliphatic carbocycles. The van der Waals surface area contributed by atoms with Crippen LogP contribution in [0.3, 0.4) is 0 Å². The lowest BCUT2D eigenvalue weighted by molar-refractivity contribution is -0.141. The van der Waals surface area contributed by atoms with Crippen molar-refractivity contribution in [1.82, 2.24) is 24.6 Å². The van der Waals surface area contributed by atoms with Crippen molar-refractivity contribution in [1.29, 1.82) is 0 Å². The third-order valence-corrected chi connectivity index (χ3v) is 6.29. The van der Waals surface area contributed by atoms with Crippen LogP contribution >= 0.6 is 0 Å². The summed E-state index contributed by atoms with van der Waals surface area (Å²) in [6.45, 7) is 2.65. The van der Waals surface area contributed by atoms with E-state index in [2.05, 4.69) is 25.4 Å². The van der Waals surface area contributed by atoms with Crippen molar-refractivity contribution < 1.29 is 22.0 Å². The predicted molar refractivity (Wildman–Crippen MR) is 120 cm³/mol. The van der Waals surface area contributed by atoms with Crippen molar-refractivity contribution in [2.75, 3.05) is 23.3 Å². The maximum atomic E-state index is 14.0. The van der Waals surface area contributed by atoms with Crippen LogP contribution in [0.2, 0.25) is 0 Å². The van der Waals surface area contributed by atoms with Gasteiger partial charge in [0.05, 0.1) is 0 Å². The number of anilines is 2. The Labute approximate surface area is 197 Å². The minimum absolute atomic E-state index is 0.0134. The summed E-state index contributed by atoms with van der Waals surface area (Å²) in [7, 11) is 0. The van der Waals surface area contributed by atoms with Crippen LogP contribution in [-0.4, -0.2) is 43.7 Å². The molecule has 0 radical (unpaired) electrons. The van der Waals surface area contributed by atoms with Crippen LogP contribution in [0.25, 0.3) is 11.2 Å². The summed E-state index contributed by atoms with van der Waals surface area (Å²) in [5.74, 6) is -1.52. The standard InChI is InChI=1S/C23H22F5N7/c1-13-9-14(10-17(24)20(13)25)16-3-2-6-35-21(16)32-22(33-35)31-15-4-7-34(8-5-15)19-11-18(23(26,27)28)29-12-30-19/h2-3,6,10-13,15H,4-5,7-9H2,1H3,(H,31,33). The predicted octanol–water partition coefficient (Wildman–Crippen LogP) is 5.19. The molecule has 7 nitrogen and oxygen atoms in total. The Morgan fingerprint density at radius 2 is 1.89 bits per heavy atom. The van der Waals surface area contributed by atoms with E-state index < -0.39 is 29.4 Å². The van der Waals surface area contributed by atoms with Gasteiger partial charge in [0.2, 0.25) is 5.95 Å². The fraction of sp³-hybridized carbons (Fsp3) is 0.391. The van der Waals surface area contributed by atoms with Gasteiger partial charge in [-0.15, -0.1) is 5.10 Å². The van der Waals surface area contributed by atoms with Crippen molar-refractivity contribution in [3.8, 4) is 0 Å². The fourth-order valence-corrected chi connectivity index (χ4v) is 4.45. The van der Waals surface area contributed by atoms with Crippen LogP contribution in [0.1, 0.15) is 37.4 Å². The fourth-order valence-electron chi connectivity index (χ4n) is 4.45. The van der Waals surface area contributed by atoms with Crippen LogP contribution in [0.5, 0.6) is 0 Å². The van der Waals surface area contributed by atoms with Crippen molar-refractivity contribution in [3.63, 3.8) is 0 Å². The number of aromatic nitrogens is 5. The molecule has 2 aliphatic rings. The normalized spacial score (nSPS) is 19.9. The van der Waals surface area contributed by atoms with Crippen molar-refractivity contribution >= 4 is 23.0 Å². The highest BCUT2D eigenvalue weighted by Gasteiger charge is 2.33. The number of rotatable bonds is 4. The lowest BCUT2D eigenvalue weighted by Gasteiger charge is -2.33. The summed E-state index contributed by atoms with van der Waals surface area (Å²) in [5.41, 5.74) is 0.897. The van der Waals surface area contributed by atoms with Gasteiger partial charge in [0.1, 0.15) is 23.7 Å². The molecule has 4 heterocycles. The second kappa shape index (κ2) is 8.90. The molecule has 5 rings (SSSR count). The monoisotopic (exact) mass is 491 g/mol. The van der Waals surface area contributed by atoms with Gasteiger partial charge in [-0.25, -0.2) is 23.3 Å². The van der Waals surface area contributed by atoms with Crippen LogP contribution in [0, 0.1) is 5.92 Å². The Hall–Kier alpha value is -3.57. The Kier molecular flexibility index (Phi) is 5.89. The molecule has 1 aliphatic heterocycles. The first-order chi connectivity index (χ1) is 16.7. The zero-order chi connectivity index (χ0) is 24.7. The Balaban J connectivity index is 1.29. The molecule has 1 saturated heterocycles. The summed E-state index contributed by atoms with van der Waals surface area (Å²) < 4.78 is 68.3. The van der Waals surface area contributed by atoms with Crippen LogP contribution in [0.4, 0.5) is 33.7 Å².